The highest BCUT2D eigenvalue weighted by Crippen LogP contribution is 2.22. The van der Waals surface area contributed by atoms with Crippen molar-refractivity contribution in [2.24, 2.45) is 0 Å². The Bertz CT molecular complexity index is 669. The van der Waals surface area contributed by atoms with Crippen molar-refractivity contribution >= 4 is 22.6 Å². The van der Waals surface area contributed by atoms with E-state index in [1.54, 1.807) is 13.8 Å². The first-order chi connectivity index (χ1) is 9.02. The van der Waals surface area contributed by atoms with E-state index < -0.39 is 10.9 Å². The van der Waals surface area contributed by atoms with Gasteiger partial charge in [0.15, 0.2) is 5.69 Å². The fraction of sp³-hybridized carbons (Fsp3) is 0.250. The number of hydrogen-bond donors (Lipinski definition) is 0. The third-order valence-electron chi connectivity index (χ3n) is 2.47. The first-order valence-electron chi connectivity index (χ1n) is 5.63. The summed E-state index contributed by atoms with van der Waals surface area (Å²) in [6.07, 6.45) is 0. The lowest BCUT2D eigenvalue weighted by atomic mass is 10.1. The van der Waals surface area contributed by atoms with Gasteiger partial charge in [-0.15, -0.1) is 0 Å². The van der Waals surface area contributed by atoms with Gasteiger partial charge in [0.2, 0.25) is 0 Å². The molecule has 98 valence electrons. The Kier molecular flexibility index (Phi) is 3.37. The number of aryl methyl sites for hydroxylation is 1. The van der Waals surface area contributed by atoms with Gasteiger partial charge < -0.3 is 4.74 Å². The summed E-state index contributed by atoms with van der Waals surface area (Å²) in [5.41, 5.74) is 0.403. The molecule has 0 radical (unpaired) electrons. The topological polar surface area (TPSA) is 95.2 Å². The van der Waals surface area contributed by atoms with Gasteiger partial charge in [-0.05, 0) is 19.9 Å². The maximum Gasteiger partial charge on any atom is 0.357 e. The summed E-state index contributed by atoms with van der Waals surface area (Å²) < 4.78 is 4.89. The molecule has 0 spiro atoms. The third-order valence-corrected chi connectivity index (χ3v) is 2.47. The second-order valence-electron chi connectivity index (χ2n) is 3.80. The summed E-state index contributed by atoms with van der Waals surface area (Å²) in [6, 6.07) is 4.11. The summed E-state index contributed by atoms with van der Waals surface area (Å²) >= 11 is 0. The molecule has 1 aromatic heterocycles. The van der Waals surface area contributed by atoms with Crippen molar-refractivity contribution in [3.05, 3.63) is 39.8 Å². The molecule has 0 fully saturated rings. The quantitative estimate of drug-likeness (QED) is 0.476. The maximum absolute atomic E-state index is 11.8. The van der Waals surface area contributed by atoms with Gasteiger partial charge in [-0.1, -0.05) is 0 Å². The van der Waals surface area contributed by atoms with E-state index in [1.165, 1.54) is 18.2 Å². The lowest BCUT2D eigenvalue weighted by Gasteiger charge is -2.06. The summed E-state index contributed by atoms with van der Waals surface area (Å²) in [4.78, 5) is 30.2. The van der Waals surface area contributed by atoms with Crippen LogP contribution in [0.15, 0.2) is 18.2 Å². The first-order valence-corrected chi connectivity index (χ1v) is 5.63. The number of aromatic nitrogens is 2. The van der Waals surface area contributed by atoms with Gasteiger partial charge in [0.25, 0.3) is 5.69 Å². The molecule has 7 nitrogen and oxygen atoms in total. The van der Waals surface area contributed by atoms with Crippen LogP contribution in [0.2, 0.25) is 0 Å². The number of nitro groups is 1. The smallest absolute Gasteiger partial charge is 0.357 e. The number of hydrogen-bond acceptors (Lipinski definition) is 6. The molecule has 0 amide bonds. The Morgan fingerprint density at radius 3 is 2.79 bits per heavy atom. The van der Waals surface area contributed by atoms with Crippen LogP contribution in [0.4, 0.5) is 5.69 Å². The minimum Gasteiger partial charge on any atom is -0.461 e. The zero-order valence-corrected chi connectivity index (χ0v) is 10.4. The Morgan fingerprint density at radius 1 is 1.42 bits per heavy atom. The number of benzene rings is 1. The highest BCUT2D eigenvalue weighted by Gasteiger charge is 2.17. The van der Waals surface area contributed by atoms with Crippen molar-refractivity contribution in [3.63, 3.8) is 0 Å². The summed E-state index contributed by atoms with van der Waals surface area (Å²) in [5.74, 6) is -0.206. The van der Waals surface area contributed by atoms with Crippen LogP contribution in [0.5, 0.6) is 0 Å². The number of nitrogens with zero attached hydrogens (tertiary/aromatic N) is 3. The van der Waals surface area contributed by atoms with Crippen LogP contribution >= 0.6 is 0 Å². The van der Waals surface area contributed by atoms with Gasteiger partial charge in [-0.25, -0.2) is 14.8 Å². The molecule has 0 aliphatic rings. The molecule has 2 aromatic rings. The van der Waals surface area contributed by atoms with Gasteiger partial charge in [0.05, 0.1) is 17.0 Å². The molecule has 7 heteroatoms. The molecule has 0 saturated heterocycles. The van der Waals surface area contributed by atoms with Crippen molar-refractivity contribution in [2.45, 2.75) is 13.8 Å². The fourth-order valence-electron chi connectivity index (χ4n) is 1.70. The molecule has 1 heterocycles. The summed E-state index contributed by atoms with van der Waals surface area (Å²) in [7, 11) is 0. The minimum atomic E-state index is -0.613. The van der Waals surface area contributed by atoms with Crippen LogP contribution < -0.4 is 0 Å². The number of non-ortho nitro benzene ring substituents is 1. The van der Waals surface area contributed by atoms with Gasteiger partial charge in [-0.3, -0.25) is 10.1 Å². The third kappa shape index (κ3) is 2.49. The average molecular weight is 261 g/mol. The van der Waals surface area contributed by atoms with E-state index in [9.17, 15) is 14.9 Å². The van der Waals surface area contributed by atoms with Crippen LogP contribution in [-0.4, -0.2) is 27.5 Å². The van der Waals surface area contributed by atoms with E-state index >= 15 is 0 Å². The lowest BCUT2D eigenvalue weighted by molar-refractivity contribution is -0.384. The molecular weight excluding hydrogens is 250 g/mol. The normalized spacial score (nSPS) is 10.4. The molecule has 0 atom stereocenters. The van der Waals surface area contributed by atoms with Gasteiger partial charge in [0, 0.05) is 17.5 Å². The number of carbonyl (C=O) groups excluding carboxylic acids is 1. The van der Waals surface area contributed by atoms with Crippen LogP contribution in [-0.2, 0) is 4.74 Å². The number of ether oxygens (including phenoxy) is 1. The summed E-state index contributed by atoms with van der Waals surface area (Å²) in [6.45, 7) is 3.53. The van der Waals surface area contributed by atoms with Gasteiger partial charge >= 0.3 is 5.97 Å². The van der Waals surface area contributed by atoms with E-state index in [2.05, 4.69) is 9.97 Å². The van der Waals surface area contributed by atoms with Gasteiger partial charge in [-0.2, -0.15) is 0 Å². The van der Waals surface area contributed by atoms with Crippen LogP contribution in [0.3, 0.4) is 0 Å². The predicted molar refractivity (Wildman–Crippen MR) is 66.9 cm³/mol. The maximum atomic E-state index is 11.8. The highest BCUT2D eigenvalue weighted by atomic mass is 16.6. The number of fused-ring (bicyclic) bond motifs is 1. The van der Waals surface area contributed by atoms with Crippen LogP contribution in [0.1, 0.15) is 23.2 Å². The second-order valence-corrected chi connectivity index (χ2v) is 3.80. The minimum absolute atomic E-state index is 0.0491. The van der Waals surface area contributed by atoms with E-state index in [4.69, 9.17) is 4.74 Å². The molecule has 2 rings (SSSR count). The molecule has 19 heavy (non-hydrogen) atoms. The Morgan fingerprint density at radius 2 is 2.16 bits per heavy atom. The standard InChI is InChI=1S/C12H11N3O4/c1-3-19-12(16)11-9-6-8(15(17)18)4-5-10(9)13-7(2)14-11/h4-6H,3H2,1-2H3. The molecule has 1 aromatic carbocycles. The first kappa shape index (κ1) is 12.9. The van der Waals surface area contributed by atoms with E-state index in [0.29, 0.717) is 16.7 Å². The van der Waals surface area contributed by atoms with Crippen LogP contribution in [0.25, 0.3) is 10.9 Å². The van der Waals surface area contributed by atoms with Crippen LogP contribution in [0, 0.1) is 17.0 Å². The number of rotatable bonds is 3. The lowest BCUT2D eigenvalue weighted by Crippen LogP contribution is -2.10. The Balaban J connectivity index is 2.69. The predicted octanol–water partition coefficient (Wildman–Crippen LogP) is 2.02. The summed E-state index contributed by atoms with van der Waals surface area (Å²) in [5, 5.41) is 11.1. The Hall–Kier alpha value is -2.57. The second kappa shape index (κ2) is 4.97. The van der Waals surface area contributed by atoms with Crippen molar-refractivity contribution in [3.8, 4) is 0 Å². The molecular formula is C12H11N3O4. The van der Waals surface area contributed by atoms with Gasteiger partial charge in [0.1, 0.15) is 5.82 Å². The zero-order valence-electron chi connectivity index (χ0n) is 10.4. The van der Waals surface area contributed by atoms with Crippen molar-refractivity contribution in [2.75, 3.05) is 6.61 Å². The molecule has 0 bridgehead atoms. The molecule has 0 aliphatic heterocycles. The molecule has 0 unspecified atom stereocenters. The molecule has 0 aliphatic carbocycles. The number of nitro benzene ring substituents is 1. The largest absolute Gasteiger partial charge is 0.461 e. The van der Waals surface area contributed by atoms with E-state index in [0.717, 1.165) is 0 Å². The average Bonchev–Trinajstić information content (AvgIpc) is 2.37. The Labute approximate surface area is 108 Å². The van der Waals surface area contributed by atoms with E-state index in [-0.39, 0.29) is 18.0 Å². The van der Waals surface area contributed by atoms with Crippen molar-refractivity contribution in [1.29, 1.82) is 0 Å². The fourth-order valence-corrected chi connectivity index (χ4v) is 1.70. The van der Waals surface area contributed by atoms with Crippen molar-refractivity contribution < 1.29 is 14.5 Å². The number of esters is 1. The number of carbonyl (C=O) groups is 1. The zero-order chi connectivity index (χ0) is 14.0. The molecule has 0 N–H and O–H groups in total. The van der Waals surface area contributed by atoms with E-state index in [1.807, 2.05) is 0 Å². The monoisotopic (exact) mass is 261 g/mol. The molecule has 0 saturated carbocycles. The SMILES string of the molecule is CCOC(=O)c1nc(C)nc2ccc([N+](=O)[O-])cc12. The highest BCUT2D eigenvalue weighted by molar-refractivity contribution is 6.02. The van der Waals surface area contributed by atoms with Crippen molar-refractivity contribution in [1.82, 2.24) is 9.97 Å².